The molecule has 80 valence electrons. The molecule has 2 heterocycles. The number of hydrogen-bond donors (Lipinski definition) is 2. The number of nitrogens with two attached hydrogens (primary N) is 1. The summed E-state index contributed by atoms with van der Waals surface area (Å²) in [7, 11) is 0. The zero-order chi connectivity index (χ0) is 10.3. The summed E-state index contributed by atoms with van der Waals surface area (Å²) in [4.78, 5) is 13.6. The predicted octanol–water partition coefficient (Wildman–Crippen LogP) is -0.152. The van der Waals surface area contributed by atoms with Crippen molar-refractivity contribution in [1.29, 1.82) is 0 Å². The zero-order valence-corrected chi connectivity index (χ0v) is 8.52. The molecule has 0 aliphatic carbocycles. The number of aliphatic hydroxyl groups excluding tert-OH is 1. The molecular formula is C10H18N2O2. The highest BCUT2D eigenvalue weighted by atomic mass is 16.3. The first kappa shape index (κ1) is 9.93. The maximum Gasteiger partial charge on any atom is 0.251 e. The van der Waals surface area contributed by atoms with Crippen molar-refractivity contribution in [2.24, 2.45) is 5.73 Å². The molecule has 0 aromatic rings. The second kappa shape index (κ2) is 3.51. The van der Waals surface area contributed by atoms with Crippen molar-refractivity contribution < 1.29 is 9.90 Å². The Morgan fingerprint density at radius 3 is 2.36 bits per heavy atom. The Morgan fingerprint density at radius 2 is 1.93 bits per heavy atom. The van der Waals surface area contributed by atoms with Gasteiger partial charge in [-0.15, -0.1) is 0 Å². The summed E-state index contributed by atoms with van der Waals surface area (Å²) in [6, 6.07) is 0.808. The Kier molecular flexibility index (Phi) is 2.49. The number of carbonyl (C=O) groups excluding carboxylic acids is 1. The van der Waals surface area contributed by atoms with Crippen LogP contribution in [0.1, 0.15) is 32.6 Å². The van der Waals surface area contributed by atoms with Crippen molar-refractivity contribution in [3.63, 3.8) is 0 Å². The molecule has 0 radical (unpaired) electrons. The summed E-state index contributed by atoms with van der Waals surface area (Å²) in [6.45, 7) is 1.54. The molecule has 1 amide bonds. The number of amides is 1. The minimum Gasteiger partial charge on any atom is -0.384 e. The van der Waals surface area contributed by atoms with Gasteiger partial charge in [0.2, 0.25) is 0 Å². The van der Waals surface area contributed by atoms with Crippen LogP contribution in [0, 0.1) is 0 Å². The van der Waals surface area contributed by atoms with Crippen LogP contribution in [0.15, 0.2) is 0 Å². The minimum absolute atomic E-state index is 0.121. The fraction of sp³-hybridized carbons (Fsp3) is 0.900. The van der Waals surface area contributed by atoms with Gasteiger partial charge in [0.05, 0.1) is 0 Å². The van der Waals surface area contributed by atoms with Gasteiger partial charge in [-0.3, -0.25) is 4.79 Å². The van der Waals surface area contributed by atoms with E-state index in [1.807, 2.05) is 4.90 Å². The van der Waals surface area contributed by atoms with E-state index in [-0.39, 0.29) is 24.0 Å². The molecule has 2 rings (SSSR count). The lowest BCUT2D eigenvalue weighted by molar-refractivity contribution is -0.144. The topological polar surface area (TPSA) is 66.6 Å². The summed E-state index contributed by atoms with van der Waals surface area (Å²) in [5.41, 5.74) is 5.89. The smallest absolute Gasteiger partial charge is 0.251 e. The van der Waals surface area contributed by atoms with Crippen LogP contribution in [0.3, 0.4) is 0 Å². The normalized spacial score (nSPS) is 38.5. The number of rotatable bonds is 1. The van der Waals surface area contributed by atoms with Crippen molar-refractivity contribution in [3.05, 3.63) is 0 Å². The molecule has 0 aromatic carbocycles. The third-order valence-electron chi connectivity index (χ3n) is 3.38. The largest absolute Gasteiger partial charge is 0.384 e. The van der Waals surface area contributed by atoms with Crippen molar-refractivity contribution in [2.75, 3.05) is 0 Å². The van der Waals surface area contributed by atoms with Crippen molar-refractivity contribution in [2.45, 2.75) is 56.8 Å². The molecule has 2 bridgehead atoms. The van der Waals surface area contributed by atoms with Gasteiger partial charge < -0.3 is 15.7 Å². The fourth-order valence-corrected chi connectivity index (χ4v) is 2.79. The van der Waals surface area contributed by atoms with Crippen LogP contribution in [-0.4, -0.2) is 40.1 Å². The van der Waals surface area contributed by atoms with Crippen LogP contribution in [-0.2, 0) is 4.79 Å². The number of piperidine rings is 1. The minimum atomic E-state index is -0.868. The molecule has 0 spiro atoms. The molecule has 4 atom stereocenters. The average molecular weight is 198 g/mol. The number of aliphatic hydroxyl groups is 1. The Labute approximate surface area is 84.1 Å². The number of nitrogens with zero attached hydrogens (tertiary/aromatic N) is 1. The van der Waals surface area contributed by atoms with Gasteiger partial charge in [-0.2, -0.15) is 0 Å². The predicted molar refractivity (Wildman–Crippen MR) is 52.5 cm³/mol. The molecule has 0 aromatic heterocycles. The van der Waals surface area contributed by atoms with Gasteiger partial charge in [0.1, 0.15) is 6.10 Å². The third-order valence-corrected chi connectivity index (χ3v) is 3.38. The fourth-order valence-electron chi connectivity index (χ4n) is 2.79. The Balaban J connectivity index is 2.11. The molecule has 2 aliphatic heterocycles. The van der Waals surface area contributed by atoms with E-state index in [9.17, 15) is 9.90 Å². The van der Waals surface area contributed by atoms with Gasteiger partial charge in [0.15, 0.2) is 0 Å². The summed E-state index contributed by atoms with van der Waals surface area (Å²) < 4.78 is 0. The lowest BCUT2D eigenvalue weighted by Gasteiger charge is -2.38. The first-order chi connectivity index (χ1) is 6.59. The molecule has 4 nitrogen and oxygen atoms in total. The van der Waals surface area contributed by atoms with Crippen LogP contribution in [0.4, 0.5) is 0 Å². The molecule has 4 heteroatoms. The maximum atomic E-state index is 11.7. The SMILES string of the molecule is CC(O)C(=O)N1[C@@H]2CC[C@H]1CC(N)C2. The number of fused-ring (bicyclic) bond motifs is 2. The van der Waals surface area contributed by atoms with E-state index < -0.39 is 6.10 Å². The maximum absolute atomic E-state index is 11.7. The summed E-state index contributed by atoms with van der Waals surface area (Å²) in [5, 5.41) is 9.28. The average Bonchev–Trinajstić information content (AvgIpc) is 2.37. The van der Waals surface area contributed by atoms with E-state index in [0.717, 1.165) is 25.7 Å². The molecule has 2 aliphatic rings. The number of carbonyl (C=O) groups is 1. The monoisotopic (exact) mass is 198 g/mol. The third kappa shape index (κ3) is 1.53. The van der Waals surface area contributed by atoms with E-state index in [4.69, 9.17) is 5.73 Å². The van der Waals surface area contributed by atoms with Gasteiger partial charge in [-0.05, 0) is 32.6 Å². The Hall–Kier alpha value is -0.610. The van der Waals surface area contributed by atoms with Crippen LogP contribution in [0.25, 0.3) is 0 Å². The van der Waals surface area contributed by atoms with Crippen LogP contribution < -0.4 is 5.73 Å². The highest BCUT2D eigenvalue weighted by Gasteiger charge is 2.42. The van der Waals surface area contributed by atoms with Crippen LogP contribution in [0.5, 0.6) is 0 Å². The van der Waals surface area contributed by atoms with E-state index >= 15 is 0 Å². The summed E-state index contributed by atoms with van der Waals surface area (Å²) in [6.07, 6.45) is 3.03. The molecular weight excluding hydrogens is 180 g/mol. The van der Waals surface area contributed by atoms with Crippen molar-refractivity contribution in [3.8, 4) is 0 Å². The van der Waals surface area contributed by atoms with Gasteiger partial charge >= 0.3 is 0 Å². The molecule has 2 unspecified atom stereocenters. The molecule has 0 saturated carbocycles. The van der Waals surface area contributed by atoms with Crippen molar-refractivity contribution in [1.82, 2.24) is 4.90 Å². The van der Waals surface area contributed by atoms with Crippen molar-refractivity contribution >= 4 is 5.91 Å². The molecule has 14 heavy (non-hydrogen) atoms. The van der Waals surface area contributed by atoms with Crippen LogP contribution >= 0.6 is 0 Å². The molecule has 2 saturated heterocycles. The van der Waals surface area contributed by atoms with Gasteiger partial charge in [0, 0.05) is 18.1 Å². The van der Waals surface area contributed by atoms with Gasteiger partial charge in [0.25, 0.3) is 5.91 Å². The lowest BCUT2D eigenvalue weighted by atomic mass is 9.97. The molecule has 2 fully saturated rings. The van der Waals surface area contributed by atoms with Crippen LogP contribution in [0.2, 0.25) is 0 Å². The quantitative estimate of drug-likeness (QED) is 0.615. The summed E-state index contributed by atoms with van der Waals surface area (Å²) >= 11 is 0. The highest BCUT2D eigenvalue weighted by molar-refractivity contribution is 5.81. The van der Waals surface area contributed by atoms with E-state index in [0.29, 0.717) is 0 Å². The second-order valence-corrected chi connectivity index (χ2v) is 4.54. The van der Waals surface area contributed by atoms with Gasteiger partial charge in [-0.25, -0.2) is 0 Å². The summed E-state index contributed by atoms with van der Waals surface area (Å²) in [5.74, 6) is -0.121. The van der Waals surface area contributed by atoms with Gasteiger partial charge in [-0.1, -0.05) is 0 Å². The Morgan fingerprint density at radius 1 is 1.43 bits per heavy atom. The second-order valence-electron chi connectivity index (χ2n) is 4.54. The first-order valence-corrected chi connectivity index (χ1v) is 5.35. The lowest BCUT2D eigenvalue weighted by Crippen LogP contribution is -2.52. The van der Waals surface area contributed by atoms with E-state index in [1.54, 1.807) is 0 Å². The Bertz CT molecular complexity index is 228. The first-order valence-electron chi connectivity index (χ1n) is 5.35. The number of hydrogen-bond acceptors (Lipinski definition) is 3. The van der Waals surface area contributed by atoms with E-state index in [1.165, 1.54) is 6.92 Å². The van der Waals surface area contributed by atoms with E-state index in [2.05, 4.69) is 0 Å². The molecule has 3 N–H and O–H groups in total. The standard InChI is InChI=1S/C10H18N2O2/c1-6(13)10(14)12-8-2-3-9(12)5-7(11)4-8/h6-9,13H,2-5,11H2,1H3/t6?,7?,8-,9+. The zero-order valence-electron chi connectivity index (χ0n) is 8.52. The highest BCUT2D eigenvalue weighted by Crippen LogP contribution is 2.35.